The van der Waals surface area contributed by atoms with Gasteiger partial charge in [-0.15, -0.1) is 6.58 Å². The molecule has 0 fully saturated rings. The lowest BCUT2D eigenvalue weighted by Crippen LogP contribution is -2.41. The Balaban J connectivity index is 2.05. The van der Waals surface area contributed by atoms with Crippen LogP contribution in [0.3, 0.4) is 0 Å². The molecule has 0 aliphatic carbocycles. The smallest absolute Gasteiger partial charge is 0.254 e. The average Bonchev–Trinajstić information content (AvgIpc) is 2.63. The molecule has 0 spiro atoms. The third-order valence-corrected chi connectivity index (χ3v) is 3.81. The topological polar surface area (TPSA) is 70.2 Å². The van der Waals surface area contributed by atoms with E-state index in [1.165, 1.54) is 12.1 Å². The van der Waals surface area contributed by atoms with Crippen LogP contribution >= 0.6 is 0 Å². The summed E-state index contributed by atoms with van der Waals surface area (Å²) >= 11 is 0. The maximum Gasteiger partial charge on any atom is 0.254 e. The van der Waals surface area contributed by atoms with Crippen molar-refractivity contribution in [3.8, 4) is 0 Å². The molecule has 0 saturated carbocycles. The van der Waals surface area contributed by atoms with Crippen molar-refractivity contribution in [3.63, 3.8) is 0 Å². The molecule has 2 amide bonds. The molecule has 0 unspecified atom stereocenters. The second-order valence-corrected chi connectivity index (χ2v) is 5.86. The highest BCUT2D eigenvalue weighted by Crippen LogP contribution is 2.17. The number of hydrogen-bond acceptors (Lipinski definition) is 3. The van der Waals surface area contributed by atoms with Gasteiger partial charge in [-0.3, -0.25) is 9.59 Å². The van der Waals surface area contributed by atoms with Gasteiger partial charge in [0.15, 0.2) is 0 Å². The zero-order valence-electron chi connectivity index (χ0n) is 14.8. The van der Waals surface area contributed by atoms with E-state index < -0.39 is 17.8 Å². The third kappa shape index (κ3) is 4.92. The number of rotatable bonds is 7. The zero-order chi connectivity index (χ0) is 19.1. The summed E-state index contributed by atoms with van der Waals surface area (Å²) < 4.78 is 13.3. The SMILES string of the molecule is C=CCNc1ccccc1C(=O)N[C@H](C)C(=O)Nc1cc(F)ccc1C. The van der Waals surface area contributed by atoms with E-state index in [-0.39, 0.29) is 5.91 Å². The predicted molar refractivity (Wildman–Crippen MR) is 102 cm³/mol. The number of amides is 2. The Morgan fingerprint density at radius 1 is 1.19 bits per heavy atom. The van der Waals surface area contributed by atoms with Crippen LogP contribution in [0, 0.1) is 12.7 Å². The maximum absolute atomic E-state index is 13.3. The highest BCUT2D eigenvalue weighted by Gasteiger charge is 2.19. The van der Waals surface area contributed by atoms with Gasteiger partial charge >= 0.3 is 0 Å². The number of carbonyl (C=O) groups is 2. The number of benzene rings is 2. The van der Waals surface area contributed by atoms with E-state index in [4.69, 9.17) is 0 Å². The Hall–Kier alpha value is -3.15. The number of aryl methyl sites for hydroxylation is 1. The molecule has 6 heteroatoms. The first kappa shape index (κ1) is 19.2. The van der Waals surface area contributed by atoms with Crippen molar-refractivity contribution in [1.82, 2.24) is 5.32 Å². The van der Waals surface area contributed by atoms with E-state index in [0.29, 0.717) is 23.5 Å². The minimum Gasteiger partial charge on any atom is -0.381 e. The lowest BCUT2D eigenvalue weighted by Gasteiger charge is -2.17. The number of para-hydroxylation sites is 1. The van der Waals surface area contributed by atoms with Crippen molar-refractivity contribution in [3.05, 3.63) is 72.1 Å². The minimum absolute atomic E-state index is 0.379. The summed E-state index contributed by atoms with van der Waals surface area (Å²) in [4.78, 5) is 24.8. The van der Waals surface area contributed by atoms with Gasteiger partial charge in [-0.25, -0.2) is 4.39 Å². The summed E-state index contributed by atoms with van der Waals surface area (Å²) in [5.74, 6) is -1.25. The molecule has 1 atom stereocenters. The van der Waals surface area contributed by atoms with E-state index in [1.54, 1.807) is 44.2 Å². The van der Waals surface area contributed by atoms with E-state index in [1.807, 2.05) is 6.07 Å². The Labute approximate surface area is 152 Å². The minimum atomic E-state index is -0.794. The molecule has 0 aliphatic rings. The molecule has 5 nitrogen and oxygen atoms in total. The summed E-state index contributed by atoms with van der Waals surface area (Å²) in [6, 6.07) is 10.4. The first-order valence-corrected chi connectivity index (χ1v) is 8.24. The van der Waals surface area contributed by atoms with Crippen LogP contribution in [0.5, 0.6) is 0 Å². The highest BCUT2D eigenvalue weighted by atomic mass is 19.1. The second-order valence-electron chi connectivity index (χ2n) is 5.86. The summed E-state index contributed by atoms with van der Waals surface area (Å²) in [6.45, 7) is 7.48. The molecule has 0 radical (unpaired) electrons. The molecule has 0 aliphatic heterocycles. The van der Waals surface area contributed by atoms with Crippen molar-refractivity contribution in [1.29, 1.82) is 0 Å². The molecule has 2 aromatic rings. The maximum atomic E-state index is 13.3. The molecule has 2 rings (SSSR count). The Morgan fingerprint density at radius 3 is 2.65 bits per heavy atom. The number of halogens is 1. The molecule has 0 saturated heterocycles. The normalized spacial score (nSPS) is 11.3. The lowest BCUT2D eigenvalue weighted by atomic mass is 10.1. The van der Waals surface area contributed by atoms with Crippen molar-refractivity contribution in [2.24, 2.45) is 0 Å². The first-order valence-electron chi connectivity index (χ1n) is 8.24. The summed E-state index contributed by atoms with van der Waals surface area (Å²) in [6.07, 6.45) is 1.69. The van der Waals surface area contributed by atoms with Gasteiger partial charge in [0.1, 0.15) is 11.9 Å². The van der Waals surface area contributed by atoms with Gasteiger partial charge in [0.2, 0.25) is 5.91 Å². The van der Waals surface area contributed by atoms with Crippen molar-refractivity contribution >= 4 is 23.2 Å². The van der Waals surface area contributed by atoms with E-state index in [9.17, 15) is 14.0 Å². The van der Waals surface area contributed by atoms with Crippen LogP contribution in [0.4, 0.5) is 15.8 Å². The fraction of sp³-hybridized carbons (Fsp3) is 0.200. The predicted octanol–water partition coefficient (Wildman–Crippen LogP) is 3.49. The third-order valence-electron chi connectivity index (χ3n) is 3.81. The van der Waals surface area contributed by atoms with E-state index >= 15 is 0 Å². The van der Waals surface area contributed by atoms with E-state index in [2.05, 4.69) is 22.5 Å². The molecular formula is C20H22FN3O2. The largest absolute Gasteiger partial charge is 0.381 e. The van der Waals surface area contributed by atoms with Crippen LogP contribution < -0.4 is 16.0 Å². The van der Waals surface area contributed by atoms with E-state index in [0.717, 1.165) is 5.56 Å². The van der Waals surface area contributed by atoms with Crippen LogP contribution in [-0.2, 0) is 4.79 Å². The monoisotopic (exact) mass is 355 g/mol. The second kappa shape index (κ2) is 8.80. The molecule has 0 bridgehead atoms. The molecule has 2 aromatic carbocycles. The van der Waals surface area contributed by atoms with Crippen LogP contribution in [0.25, 0.3) is 0 Å². The van der Waals surface area contributed by atoms with Crippen LogP contribution in [-0.4, -0.2) is 24.4 Å². The molecular weight excluding hydrogens is 333 g/mol. The summed E-state index contributed by atoms with van der Waals surface area (Å²) in [5, 5.41) is 8.37. The number of anilines is 2. The number of nitrogens with one attached hydrogen (secondary N) is 3. The fourth-order valence-corrected chi connectivity index (χ4v) is 2.33. The van der Waals surface area contributed by atoms with Gasteiger partial charge in [-0.05, 0) is 43.7 Å². The van der Waals surface area contributed by atoms with Crippen LogP contribution in [0.2, 0.25) is 0 Å². The van der Waals surface area contributed by atoms with Gasteiger partial charge < -0.3 is 16.0 Å². The van der Waals surface area contributed by atoms with Crippen LogP contribution in [0.15, 0.2) is 55.1 Å². The zero-order valence-corrected chi connectivity index (χ0v) is 14.8. The van der Waals surface area contributed by atoms with Crippen molar-refractivity contribution in [2.75, 3.05) is 17.2 Å². The van der Waals surface area contributed by atoms with Gasteiger partial charge in [-0.1, -0.05) is 24.3 Å². The van der Waals surface area contributed by atoms with Crippen LogP contribution in [0.1, 0.15) is 22.8 Å². The fourth-order valence-electron chi connectivity index (χ4n) is 2.33. The highest BCUT2D eigenvalue weighted by molar-refractivity contribution is 6.03. The average molecular weight is 355 g/mol. The van der Waals surface area contributed by atoms with Crippen molar-refractivity contribution < 1.29 is 14.0 Å². The van der Waals surface area contributed by atoms with Gasteiger partial charge in [0.05, 0.1) is 5.56 Å². The standard InChI is InChI=1S/C20H22FN3O2/c1-4-11-22-17-8-6-5-7-16(17)20(26)23-14(3)19(25)24-18-12-15(21)10-9-13(18)2/h4-10,12,14,22H,1,11H2,2-3H3,(H,23,26)(H,24,25)/t14-/m1/s1. The Bertz CT molecular complexity index is 820. The number of hydrogen-bond donors (Lipinski definition) is 3. The Kier molecular flexibility index (Phi) is 6.49. The molecule has 3 N–H and O–H groups in total. The summed E-state index contributed by atoms with van der Waals surface area (Å²) in [5.41, 5.74) is 2.19. The molecule has 0 aromatic heterocycles. The van der Waals surface area contributed by atoms with Gasteiger partial charge in [0, 0.05) is 17.9 Å². The number of carbonyl (C=O) groups excluding carboxylic acids is 2. The molecule has 136 valence electrons. The first-order chi connectivity index (χ1) is 12.4. The van der Waals surface area contributed by atoms with Gasteiger partial charge in [-0.2, -0.15) is 0 Å². The van der Waals surface area contributed by atoms with Gasteiger partial charge in [0.25, 0.3) is 5.91 Å². The van der Waals surface area contributed by atoms with Crippen molar-refractivity contribution in [2.45, 2.75) is 19.9 Å². The Morgan fingerprint density at radius 2 is 1.92 bits per heavy atom. The summed E-state index contributed by atoms with van der Waals surface area (Å²) in [7, 11) is 0. The lowest BCUT2D eigenvalue weighted by molar-refractivity contribution is -0.117. The molecule has 0 heterocycles. The molecule has 26 heavy (non-hydrogen) atoms. The quantitative estimate of drug-likeness (QED) is 0.666.